The number of halogens is 1. The van der Waals surface area contributed by atoms with Crippen LogP contribution in [0, 0.1) is 8.99 Å². The van der Waals surface area contributed by atoms with Gasteiger partial charge < -0.3 is 5.11 Å². The van der Waals surface area contributed by atoms with Crippen LogP contribution in [-0.2, 0) is 5.60 Å². The molecular formula is C15H16INOS2. The van der Waals surface area contributed by atoms with Crippen LogP contribution in [0.5, 0.6) is 0 Å². The van der Waals surface area contributed by atoms with E-state index in [1.807, 2.05) is 11.7 Å². The van der Waals surface area contributed by atoms with Gasteiger partial charge in [-0.05, 0) is 59.7 Å². The second-order valence-electron chi connectivity index (χ2n) is 5.53. The third kappa shape index (κ3) is 2.77. The number of thioether (sulfide) groups is 1. The SMILES string of the molecule is CC1(C(O)(CSc2ccc(I)cc2)c2cncs2)CC1. The maximum Gasteiger partial charge on any atom is 0.115 e. The van der Waals surface area contributed by atoms with Crippen LogP contribution in [0.4, 0.5) is 0 Å². The number of rotatable bonds is 5. The molecule has 0 amide bonds. The minimum atomic E-state index is -0.762. The Kier molecular flexibility index (Phi) is 4.14. The first kappa shape index (κ1) is 14.8. The summed E-state index contributed by atoms with van der Waals surface area (Å²) in [6.07, 6.45) is 4.01. The van der Waals surface area contributed by atoms with Crippen LogP contribution >= 0.6 is 45.7 Å². The van der Waals surface area contributed by atoms with E-state index in [0.717, 1.165) is 17.7 Å². The van der Waals surface area contributed by atoms with Gasteiger partial charge in [-0.2, -0.15) is 0 Å². The standard InChI is InChI=1S/C15H16INOS2/c1-14(6-7-14)15(18,13-8-17-10-20-13)9-19-12-4-2-11(16)3-5-12/h2-5,8,10,18H,6-7,9H2,1H3. The number of aliphatic hydroxyl groups is 1. The molecule has 0 radical (unpaired) electrons. The van der Waals surface area contributed by atoms with Crippen molar-refractivity contribution in [1.29, 1.82) is 0 Å². The third-order valence-corrected chi connectivity index (χ3v) is 6.91. The first-order valence-electron chi connectivity index (χ1n) is 6.53. The molecule has 1 heterocycles. The lowest BCUT2D eigenvalue weighted by Crippen LogP contribution is -2.37. The van der Waals surface area contributed by atoms with Crippen LogP contribution < -0.4 is 0 Å². The molecule has 1 aromatic heterocycles. The van der Waals surface area contributed by atoms with Crippen molar-refractivity contribution in [1.82, 2.24) is 4.98 Å². The molecule has 2 aromatic rings. The fourth-order valence-corrected chi connectivity index (χ4v) is 4.81. The molecule has 2 nitrogen and oxygen atoms in total. The lowest BCUT2D eigenvalue weighted by molar-refractivity contribution is -0.00430. The number of benzene rings is 1. The van der Waals surface area contributed by atoms with Gasteiger partial charge in [-0.3, -0.25) is 4.98 Å². The van der Waals surface area contributed by atoms with E-state index in [2.05, 4.69) is 58.8 Å². The molecule has 0 aliphatic heterocycles. The molecule has 106 valence electrons. The number of thiazole rings is 1. The predicted octanol–water partition coefficient (Wildman–Crippen LogP) is 4.53. The van der Waals surface area contributed by atoms with Gasteiger partial charge in [0, 0.05) is 25.8 Å². The fourth-order valence-electron chi connectivity index (χ4n) is 2.28. The Hall–Kier alpha value is -0.110. The van der Waals surface area contributed by atoms with Gasteiger partial charge in [0.25, 0.3) is 0 Å². The Labute approximate surface area is 141 Å². The van der Waals surface area contributed by atoms with Crippen LogP contribution in [0.25, 0.3) is 0 Å². The number of nitrogens with zero attached hydrogens (tertiary/aromatic N) is 1. The highest BCUT2D eigenvalue weighted by Crippen LogP contribution is 2.59. The molecule has 1 unspecified atom stereocenters. The zero-order valence-electron chi connectivity index (χ0n) is 11.2. The van der Waals surface area contributed by atoms with Crippen LogP contribution in [0.15, 0.2) is 40.9 Å². The fraction of sp³-hybridized carbons (Fsp3) is 0.400. The van der Waals surface area contributed by atoms with Crippen molar-refractivity contribution in [2.24, 2.45) is 5.41 Å². The Morgan fingerprint density at radius 3 is 2.65 bits per heavy atom. The van der Waals surface area contributed by atoms with E-state index in [0.29, 0.717) is 5.75 Å². The average Bonchev–Trinajstić information content (AvgIpc) is 2.99. The number of hydrogen-bond acceptors (Lipinski definition) is 4. The van der Waals surface area contributed by atoms with Crippen molar-refractivity contribution in [3.63, 3.8) is 0 Å². The van der Waals surface area contributed by atoms with E-state index in [-0.39, 0.29) is 5.41 Å². The van der Waals surface area contributed by atoms with Crippen LogP contribution in [-0.4, -0.2) is 15.8 Å². The molecule has 1 saturated carbocycles. The van der Waals surface area contributed by atoms with Crippen LogP contribution in [0.3, 0.4) is 0 Å². The second kappa shape index (κ2) is 5.59. The van der Waals surface area contributed by atoms with E-state index in [9.17, 15) is 5.11 Å². The Bertz CT molecular complexity index is 580. The largest absolute Gasteiger partial charge is 0.383 e. The summed E-state index contributed by atoms with van der Waals surface area (Å²) in [7, 11) is 0. The van der Waals surface area contributed by atoms with E-state index in [4.69, 9.17) is 0 Å². The Morgan fingerprint density at radius 1 is 1.40 bits per heavy atom. The van der Waals surface area contributed by atoms with Gasteiger partial charge in [0.2, 0.25) is 0 Å². The first-order valence-corrected chi connectivity index (χ1v) is 9.48. The maximum absolute atomic E-state index is 11.2. The highest BCUT2D eigenvalue weighted by atomic mass is 127. The van der Waals surface area contributed by atoms with Crippen molar-refractivity contribution in [3.05, 3.63) is 44.4 Å². The summed E-state index contributed by atoms with van der Waals surface area (Å²) >= 11 is 5.59. The molecule has 1 aliphatic rings. The molecule has 1 aromatic carbocycles. The zero-order valence-corrected chi connectivity index (χ0v) is 15.0. The van der Waals surface area contributed by atoms with E-state index >= 15 is 0 Å². The summed E-state index contributed by atoms with van der Waals surface area (Å²) < 4.78 is 1.24. The van der Waals surface area contributed by atoms with Crippen molar-refractivity contribution < 1.29 is 5.11 Å². The van der Waals surface area contributed by atoms with Gasteiger partial charge in [-0.25, -0.2) is 0 Å². The van der Waals surface area contributed by atoms with E-state index in [1.165, 1.54) is 8.47 Å². The molecule has 1 atom stereocenters. The summed E-state index contributed by atoms with van der Waals surface area (Å²) in [4.78, 5) is 6.35. The topological polar surface area (TPSA) is 33.1 Å². The zero-order chi connectivity index (χ0) is 14.2. The van der Waals surface area contributed by atoms with Gasteiger partial charge in [-0.15, -0.1) is 23.1 Å². The molecular weight excluding hydrogens is 401 g/mol. The highest BCUT2D eigenvalue weighted by Gasteiger charge is 2.56. The van der Waals surface area contributed by atoms with Gasteiger partial charge in [0.15, 0.2) is 0 Å². The van der Waals surface area contributed by atoms with E-state index < -0.39 is 5.60 Å². The molecule has 3 rings (SSSR count). The lowest BCUT2D eigenvalue weighted by Gasteiger charge is -2.33. The molecule has 0 spiro atoms. The van der Waals surface area contributed by atoms with Crippen LogP contribution in [0.1, 0.15) is 24.6 Å². The average molecular weight is 417 g/mol. The summed E-state index contributed by atoms with van der Waals surface area (Å²) in [5, 5.41) is 11.2. The summed E-state index contributed by atoms with van der Waals surface area (Å²) in [5.41, 5.74) is 1.05. The van der Waals surface area contributed by atoms with Crippen molar-refractivity contribution in [2.75, 3.05) is 5.75 Å². The van der Waals surface area contributed by atoms with Gasteiger partial charge in [0.1, 0.15) is 5.60 Å². The van der Waals surface area contributed by atoms with E-state index in [1.54, 1.807) is 23.1 Å². The first-order chi connectivity index (χ1) is 9.53. The molecule has 1 aliphatic carbocycles. The Morgan fingerprint density at radius 2 is 2.10 bits per heavy atom. The molecule has 0 saturated heterocycles. The smallest absolute Gasteiger partial charge is 0.115 e. The minimum absolute atomic E-state index is 0.00966. The summed E-state index contributed by atoms with van der Waals surface area (Å²) in [6, 6.07) is 8.45. The van der Waals surface area contributed by atoms with Gasteiger partial charge >= 0.3 is 0 Å². The van der Waals surface area contributed by atoms with Gasteiger partial charge in [-0.1, -0.05) is 6.92 Å². The summed E-state index contributed by atoms with van der Waals surface area (Å²) in [6.45, 7) is 2.18. The van der Waals surface area contributed by atoms with Gasteiger partial charge in [0.05, 0.1) is 10.4 Å². The maximum atomic E-state index is 11.2. The molecule has 0 bridgehead atoms. The third-order valence-electron chi connectivity index (χ3n) is 4.10. The Balaban J connectivity index is 1.80. The monoisotopic (exact) mass is 417 g/mol. The summed E-state index contributed by atoms with van der Waals surface area (Å²) in [5.74, 6) is 0.687. The lowest BCUT2D eigenvalue weighted by atomic mass is 9.86. The molecule has 1 fully saturated rings. The second-order valence-corrected chi connectivity index (χ2v) is 8.71. The van der Waals surface area contributed by atoms with Crippen molar-refractivity contribution in [2.45, 2.75) is 30.3 Å². The quantitative estimate of drug-likeness (QED) is 0.574. The molecule has 20 heavy (non-hydrogen) atoms. The highest BCUT2D eigenvalue weighted by molar-refractivity contribution is 14.1. The van der Waals surface area contributed by atoms with Crippen molar-refractivity contribution in [3.8, 4) is 0 Å². The number of hydrogen-bond donors (Lipinski definition) is 1. The molecule has 5 heteroatoms. The van der Waals surface area contributed by atoms with Crippen LogP contribution in [0.2, 0.25) is 0 Å². The predicted molar refractivity (Wildman–Crippen MR) is 93.2 cm³/mol. The number of aromatic nitrogens is 1. The minimum Gasteiger partial charge on any atom is -0.383 e. The normalized spacial score (nSPS) is 19.6. The van der Waals surface area contributed by atoms with Crippen molar-refractivity contribution >= 4 is 45.7 Å². The molecule has 1 N–H and O–H groups in total.